The summed E-state index contributed by atoms with van der Waals surface area (Å²) in [6, 6.07) is 18.1. The summed E-state index contributed by atoms with van der Waals surface area (Å²) in [6.45, 7) is 4.52. The molecule has 0 saturated heterocycles. The number of methoxy groups -OCH3 is 1. The summed E-state index contributed by atoms with van der Waals surface area (Å²) in [5, 5.41) is 3.95. The number of carbonyl (C=O) groups excluding carboxylic acids is 1. The van der Waals surface area contributed by atoms with Gasteiger partial charge in [0.25, 0.3) is 0 Å². The number of carbonyl (C=O) groups is 1. The average molecular weight is 432 g/mol. The molecule has 0 unspecified atom stereocenters. The molecule has 32 heavy (non-hydrogen) atoms. The Morgan fingerprint density at radius 1 is 0.938 bits per heavy atom. The second-order valence-corrected chi connectivity index (χ2v) is 7.72. The van der Waals surface area contributed by atoms with Gasteiger partial charge in [0.1, 0.15) is 19.5 Å². The summed E-state index contributed by atoms with van der Waals surface area (Å²) >= 11 is 0. The zero-order valence-electron chi connectivity index (χ0n) is 19.1. The van der Waals surface area contributed by atoms with Gasteiger partial charge in [0, 0.05) is 0 Å². The largest absolute Gasteiger partial charge is 0.489 e. The van der Waals surface area contributed by atoms with Crippen LogP contribution in [-0.2, 0) is 14.4 Å². The van der Waals surface area contributed by atoms with E-state index in [9.17, 15) is 4.79 Å². The Bertz CT molecular complexity index is 1080. The highest BCUT2D eigenvalue weighted by atomic mass is 16.6. The molecule has 0 saturated carbocycles. The van der Waals surface area contributed by atoms with E-state index in [4.69, 9.17) is 14.3 Å². The summed E-state index contributed by atoms with van der Waals surface area (Å²) in [5.74, 6) is 0.249. The normalized spacial score (nSPS) is 14.7. The summed E-state index contributed by atoms with van der Waals surface area (Å²) in [5.41, 5.74) is 6.67. The molecule has 5 nitrogen and oxygen atoms in total. The fourth-order valence-corrected chi connectivity index (χ4v) is 3.55. The fourth-order valence-electron chi connectivity index (χ4n) is 3.55. The molecule has 3 rings (SSSR count). The topological polar surface area (TPSA) is 57.1 Å². The van der Waals surface area contributed by atoms with Gasteiger partial charge in [-0.3, -0.25) is 0 Å². The molecule has 0 heterocycles. The number of ether oxygens (including phenoxy) is 2. The van der Waals surface area contributed by atoms with Crippen molar-refractivity contribution in [2.24, 2.45) is 5.16 Å². The number of nitrogens with zero attached hydrogens (tertiary/aromatic N) is 1. The van der Waals surface area contributed by atoms with Crippen molar-refractivity contribution in [2.45, 2.75) is 26.7 Å². The van der Waals surface area contributed by atoms with Crippen molar-refractivity contribution in [3.05, 3.63) is 88.0 Å². The Balaban J connectivity index is 1.80. The lowest BCUT2D eigenvalue weighted by atomic mass is 9.85. The van der Waals surface area contributed by atoms with E-state index in [1.54, 1.807) is 0 Å². The van der Waals surface area contributed by atoms with E-state index < -0.39 is 5.97 Å². The molecule has 2 aromatic rings. The number of hydrogen-bond acceptors (Lipinski definition) is 5. The third-order valence-corrected chi connectivity index (χ3v) is 5.46. The van der Waals surface area contributed by atoms with Crippen LogP contribution in [0.4, 0.5) is 0 Å². The van der Waals surface area contributed by atoms with Gasteiger partial charge < -0.3 is 14.3 Å². The lowest BCUT2D eigenvalue weighted by Crippen LogP contribution is -2.24. The molecule has 0 aliphatic heterocycles. The fraction of sp³-hybridized carbons (Fsp3) is 0.259. The first-order valence-electron chi connectivity index (χ1n) is 10.5. The summed E-state index contributed by atoms with van der Waals surface area (Å²) in [7, 11) is 2.76. The van der Waals surface area contributed by atoms with Gasteiger partial charge in [-0.2, -0.15) is 0 Å². The van der Waals surface area contributed by atoms with Crippen LogP contribution in [0, 0.1) is 0 Å². The van der Waals surface area contributed by atoms with Crippen LogP contribution in [-0.4, -0.2) is 32.5 Å². The van der Waals surface area contributed by atoms with Crippen LogP contribution in [0.15, 0.2) is 82.0 Å². The highest BCUT2D eigenvalue weighted by Gasteiger charge is 2.26. The molecule has 5 heteroatoms. The first-order valence-corrected chi connectivity index (χ1v) is 10.5. The smallest absolute Gasteiger partial charge is 0.360 e. The molecule has 0 bridgehead atoms. The SMILES string of the molecule is CO/N=C(/C(=O)OC)C1=C(COc2cccc(/C=C\c3ccccc3)c2)CC(C)=C(C)C1. The second-order valence-electron chi connectivity index (χ2n) is 7.72. The Kier molecular flexibility index (Phi) is 8.03. The van der Waals surface area contributed by atoms with Crippen molar-refractivity contribution in [1.29, 1.82) is 0 Å². The summed E-state index contributed by atoms with van der Waals surface area (Å²) in [4.78, 5) is 17.2. The predicted octanol–water partition coefficient (Wildman–Crippen LogP) is 5.84. The molecule has 1 aliphatic rings. The maximum Gasteiger partial charge on any atom is 0.360 e. The van der Waals surface area contributed by atoms with Crippen LogP contribution in [0.25, 0.3) is 12.2 Å². The monoisotopic (exact) mass is 431 g/mol. The van der Waals surface area contributed by atoms with Crippen LogP contribution in [0.2, 0.25) is 0 Å². The van der Waals surface area contributed by atoms with E-state index in [1.807, 2.05) is 42.5 Å². The Morgan fingerprint density at radius 3 is 2.34 bits per heavy atom. The van der Waals surface area contributed by atoms with E-state index >= 15 is 0 Å². The zero-order valence-corrected chi connectivity index (χ0v) is 19.1. The van der Waals surface area contributed by atoms with Crippen molar-refractivity contribution in [3.63, 3.8) is 0 Å². The van der Waals surface area contributed by atoms with Crippen LogP contribution in [0.5, 0.6) is 5.75 Å². The van der Waals surface area contributed by atoms with Crippen molar-refractivity contribution in [2.75, 3.05) is 20.8 Å². The van der Waals surface area contributed by atoms with Gasteiger partial charge in [-0.1, -0.05) is 70.9 Å². The van der Waals surface area contributed by atoms with E-state index in [0.717, 1.165) is 28.0 Å². The third-order valence-electron chi connectivity index (χ3n) is 5.46. The number of allylic oxidation sites excluding steroid dienone is 2. The quantitative estimate of drug-likeness (QED) is 0.173. The minimum absolute atomic E-state index is 0.194. The van der Waals surface area contributed by atoms with Gasteiger partial charge in [-0.15, -0.1) is 0 Å². The highest BCUT2D eigenvalue weighted by Crippen LogP contribution is 2.31. The van der Waals surface area contributed by atoms with Crippen molar-refractivity contribution in [3.8, 4) is 5.75 Å². The summed E-state index contributed by atoms with van der Waals surface area (Å²) in [6.07, 6.45) is 5.46. The van der Waals surface area contributed by atoms with E-state index in [1.165, 1.54) is 25.4 Å². The van der Waals surface area contributed by atoms with Gasteiger partial charge in [-0.25, -0.2) is 4.79 Å². The van der Waals surface area contributed by atoms with E-state index in [0.29, 0.717) is 19.4 Å². The second kappa shape index (κ2) is 11.1. The van der Waals surface area contributed by atoms with Gasteiger partial charge in [0.15, 0.2) is 5.71 Å². The average Bonchev–Trinajstić information content (AvgIpc) is 2.82. The van der Waals surface area contributed by atoms with Crippen molar-refractivity contribution >= 4 is 23.8 Å². The highest BCUT2D eigenvalue weighted by molar-refractivity contribution is 6.43. The Labute approximate surface area is 189 Å². The van der Waals surface area contributed by atoms with Gasteiger partial charge in [-0.05, 0) is 61.1 Å². The molecule has 0 radical (unpaired) electrons. The number of hydrogen-bond donors (Lipinski definition) is 0. The number of oxime groups is 1. The van der Waals surface area contributed by atoms with Gasteiger partial charge in [0.05, 0.1) is 7.11 Å². The first kappa shape index (κ1) is 23.1. The van der Waals surface area contributed by atoms with Crippen LogP contribution in [0.1, 0.15) is 37.8 Å². The summed E-state index contributed by atoms with van der Waals surface area (Å²) < 4.78 is 11.1. The van der Waals surface area contributed by atoms with Crippen molar-refractivity contribution < 1.29 is 19.1 Å². The van der Waals surface area contributed by atoms with Crippen LogP contribution >= 0.6 is 0 Å². The molecule has 0 fully saturated rings. The lowest BCUT2D eigenvalue weighted by Gasteiger charge is -2.23. The Morgan fingerprint density at radius 2 is 1.62 bits per heavy atom. The van der Waals surface area contributed by atoms with Crippen LogP contribution < -0.4 is 4.74 Å². The molecule has 0 atom stereocenters. The minimum atomic E-state index is -0.514. The molecule has 0 N–H and O–H groups in total. The van der Waals surface area contributed by atoms with Gasteiger partial charge in [0.2, 0.25) is 0 Å². The number of esters is 1. The van der Waals surface area contributed by atoms with Crippen LogP contribution in [0.3, 0.4) is 0 Å². The predicted molar refractivity (Wildman–Crippen MR) is 128 cm³/mol. The lowest BCUT2D eigenvalue weighted by molar-refractivity contribution is -0.132. The van der Waals surface area contributed by atoms with E-state index in [2.05, 4.69) is 43.3 Å². The van der Waals surface area contributed by atoms with E-state index in [-0.39, 0.29) is 5.71 Å². The molecule has 2 aromatic carbocycles. The maximum atomic E-state index is 12.3. The molecular formula is C27H29NO4. The maximum absolute atomic E-state index is 12.3. The Hall–Kier alpha value is -3.60. The third kappa shape index (κ3) is 5.97. The van der Waals surface area contributed by atoms with Gasteiger partial charge >= 0.3 is 5.97 Å². The number of benzene rings is 2. The van der Waals surface area contributed by atoms with Crippen molar-refractivity contribution in [1.82, 2.24) is 0 Å². The molecular weight excluding hydrogens is 402 g/mol. The number of rotatable bonds is 8. The molecule has 0 spiro atoms. The molecule has 0 aromatic heterocycles. The molecule has 0 amide bonds. The zero-order chi connectivity index (χ0) is 22.9. The molecule has 1 aliphatic carbocycles. The first-order chi connectivity index (χ1) is 15.5. The minimum Gasteiger partial charge on any atom is -0.489 e. The molecule has 166 valence electrons. The standard InChI is InChI=1S/C27H29NO4/c1-19-15-23(25(16-20(19)2)26(28-31-4)27(29)30-3)18-32-24-12-8-11-22(17-24)14-13-21-9-6-5-7-10-21/h5-14,17H,15-16,18H2,1-4H3/b14-13-,28-26+.